The number of hydrogen-bond donors (Lipinski definition) is 0. The summed E-state index contributed by atoms with van der Waals surface area (Å²) in [5.41, 5.74) is 0. The fraction of sp³-hybridized carbons (Fsp3) is 0.429. The molecule has 2 fully saturated rings. The average Bonchev–Trinajstić information content (AvgIpc) is 3.56. The van der Waals surface area contributed by atoms with Crippen molar-refractivity contribution < 1.29 is 77.2 Å². The average molecular weight is 684 g/mol. The molecule has 0 spiro atoms. The molecule has 6 rings (SSSR count). The normalized spacial score (nSPS) is 21.6. The van der Waals surface area contributed by atoms with Crippen LogP contribution >= 0.6 is 0 Å². The van der Waals surface area contributed by atoms with Crippen molar-refractivity contribution in [2.24, 2.45) is 0 Å². The van der Waals surface area contributed by atoms with Crippen LogP contribution in [0, 0.1) is 12.2 Å². The second kappa shape index (κ2) is 19.8. The SMILES string of the molecule is C[Si]1(C2=CC=CC2)CCC1.C[Si]1(C2=CC=CC2)CCC1.[C-]1=CC=CC1.[C-]1=CC=CC1.[Cl-].[Cl-].[Zr].[Zr]. The molecule has 0 unspecified atom stereocenters. The van der Waals surface area contributed by atoms with Crippen molar-refractivity contribution >= 4 is 16.1 Å². The molecule has 4 aliphatic carbocycles. The molecule has 6 aliphatic rings. The third-order valence-electron chi connectivity index (χ3n) is 7.18. The first kappa shape index (κ1) is 36.9. The first-order valence-electron chi connectivity index (χ1n) is 11.8. The molecule has 0 amide bonds. The summed E-state index contributed by atoms with van der Waals surface area (Å²) in [5.74, 6) is 0. The molecule has 0 aromatic carbocycles. The molecule has 0 N–H and O–H groups in total. The van der Waals surface area contributed by atoms with E-state index in [1.165, 1.54) is 25.7 Å². The van der Waals surface area contributed by atoms with Gasteiger partial charge in [0.25, 0.3) is 0 Å². The fourth-order valence-electron chi connectivity index (χ4n) is 4.53. The van der Waals surface area contributed by atoms with E-state index in [2.05, 4.69) is 73.9 Å². The zero-order chi connectivity index (χ0) is 21.1. The third kappa shape index (κ3) is 11.8. The van der Waals surface area contributed by atoms with Crippen LogP contribution in [0.2, 0.25) is 37.3 Å². The molecule has 2 saturated heterocycles. The summed E-state index contributed by atoms with van der Waals surface area (Å²) in [6.07, 6.45) is 39.3. The first-order chi connectivity index (χ1) is 14.6. The van der Waals surface area contributed by atoms with Gasteiger partial charge in [-0.1, -0.05) is 97.0 Å². The van der Waals surface area contributed by atoms with Crippen molar-refractivity contribution in [2.75, 3.05) is 0 Å². The van der Waals surface area contributed by atoms with E-state index in [0.717, 1.165) is 12.8 Å². The molecule has 2 aliphatic heterocycles. The Kier molecular flexibility index (Phi) is 21.4. The van der Waals surface area contributed by atoms with Crippen LogP contribution < -0.4 is 24.8 Å². The van der Waals surface area contributed by atoms with Gasteiger partial charge >= 0.3 is 0 Å². The van der Waals surface area contributed by atoms with E-state index >= 15 is 0 Å². The van der Waals surface area contributed by atoms with Gasteiger partial charge in [0, 0.05) is 52.4 Å². The molecule has 0 bridgehead atoms. The Labute approximate surface area is 262 Å². The minimum atomic E-state index is -0.765. The molecular weight excluding hydrogens is 646 g/mol. The minimum Gasteiger partial charge on any atom is -1.00 e. The van der Waals surface area contributed by atoms with Crippen LogP contribution in [-0.4, -0.2) is 16.1 Å². The van der Waals surface area contributed by atoms with Gasteiger partial charge in [0.05, 0.1) is 16.1 Å². The maximum Gasteiger partial charge on any atom is 0.0789 e. The van der Waals surface area contributed by atoms with E-state index in [-0.39, 0.29) is 77.2 Å². The molecule has 6 heteroatoms. The van der Waals surface area contributed by atoms with Crippen molar-refractivity contribution in [1.82, 2.24) is 0 Å². The van der Waals surface area contributed by atoms with Crippen molar-refractivity contribution in [3.8, 4) is 0 Å². The predicted octanol–water partition coefficient (Wildman–Crippen LogP) is 2.40. The number of hydrogen-bond acceptors (Lipinski definition) is 0. The number of allylic oxidation sites excluding steroid dienone is 16. The Morgan fingerprint density at radius 2 is 0.971 bits per heavy atom. The van der Waals surface area contributed by atoms with E-state index in [1.807, 2.05) is 24.3 Å². The van der Waals surface area contributed by atoms with Crippen LogP contribution in [0.3, 0.4) is 0 Å². The monoisotopic (exact) mass is 680 g/mol. The van der Waals surface area contributed by atoms with Crippen molar-refractivity contribution in [1.29, 1.82) is 0 Å². The van der Waals surface area contributed by atoms with Gasteiger partial charge < -0.3 is 24.8 Å². The molecule has 34 heavy (non-hydrogen) atoms. The Balaban J connectivity index is 0. The molecule has 0 atom stereocenters. The summed E-state index contributed by atoms with van der Waals surface area (Å²) in [6.45, 7) is 5.07. The third-order valence-corrected chi connectivity index (χ3v) is 16.8. The quantitative estimate of drug-likeness (QED) is 0.310. The van der Waals surface area contributed by atoms with Crippen LogP contribution in [-0.2, 0) is 52.4 Å². The largest absolute Gasteiger partial charge is 1.00 e. The van der Waals surface area contributed by atoms with Crippen molar-refractivity contribution in [2.45, 2.75) is 75.8 Å². The van der Waals surface area contributed by atoms with Gasteiger partial charge in [-0.3, -0.25) is 12.2 Å². The molecule has 0 aromatic rings. The van der Waals surface area contributed by atoms with E-state index in [0.29, 0.717) is 0 Å². The topological polar surface area (TPSA) is 0 Å². The summed E-state index contributed by atoms with van der Waals surface area (Å²) in [7, 11) is -1.53. The molecular formula is C28H38Cl2Si2Zr2-4. The van der Waals surface area contributed by atoms with E-state index in [1.54, 1.807) is 34.6 Å². The van der Waals surface area contributed by atoms with Gasteiger partial charge in [-0.25, -0.2) is 24.3 Å². The Bertz CT molecular complexity index is 724. The standard InChI is InChI=1S/2C9H14Si.2C5H5.2ClH.2Zr/c2*1-10(7-4-8-10)9-5-2-3-6-9;2*1-2-4-5-3-1;;;;/h2*2-3,5H,4,6-8H2,1H3;2*1-3H,4H2;2*1H;;/q;;2*-1;;;;/p-2. The predicted molar refractivity (Wildman–Crippen MR) is 139 cm³/mol. The van der Waals surface area contributed by atoms with Crippen molar-refractivity contribution in [3.05, 3.63) is 95.5 Å². The molecule has 0 radical (unpaired) electrons. The van der Waals surface area contributed by atoms with Gasteiger partial charge in [0.15, 0.2) is 0 Å². The summed E-state index contributed by atoms with van der Waals surface area (Å²) >= 11 is 0. The summed E-state index contributed by atoms with van der Waals surface area (Å²) in [4.78, 5) is 0. The van der Waals surface area contributed by atoms with Gasteiger partial charge in [-0.05, 0) is 12.8 Å². The minimum absolute atomic E-state index is 0. The van der Waals surface area contributed by atoms with E-state index in [4.69, 9.17) is 0 Å². The van der Waals surface area contributed by atoms with Crippen LogP contribution in [0.5, 0.6) is 0 Å². The molecule has 0 saturated carbocycles. The van der Waals surface area contributed by atoms with Gasteiger partial charge in [-0.2, -0.15) is 12.2 Å². The van der Waals surface area contributed by atoms with Crippen LogP contribution in [0.15, 0.2) is 83.3 Å². The van der Waals surface area contributed by atoms with E-state index < -0.39 is 16.1 Å². The van der Waals surface area contributed by atoms with Crippen LogP contribution in [0.4, 0.5) is 0 Å². The second-order valence-corrected chi connectivity index (χ2v) is 19.0. The molecule has 184 valence electrons. The summed E-state index contributed by atoms with van der Waals surface area (Å²) < 4.78 is 0. The second-order valence-electron chi connectivity index (χ2n) is 9.48. The van der Waals surface area contributed by atoms with Crippen LogP contribution in [0.1, 0.15) is 38.5 Å². The number of halogens is 2. The van der Waals surface area contributed by atoms with Gasteiger partial charge in [-0.15, -0.1) is 12.8 Å². The van der Waals surface area contributed by atoms with E-state index in [9.17, 15) is 0 Å². The zero-order valence-corrected chi connectivity index (χ0v) is 29.2. The zero-order valence-electron chi connectivity index (χ0n) is 20.8. The Morgan fingerprint density at radius 3 is 1.12 bits per heavy atom. The maximum atomic E-state index is 2.99. The number of rotatable bonds is 2. The molecule has 2 heterocycles. The Hall–Kier alpha value is 0.700. The molecule has 0 nitrogen and oxygen atoms in total. The first-order valence-corrected chi connectivity index (χ1v) is 17.6. The Morgan fingerprint density at radius 1 is 0.588 bits per heavy atom. The summed E-state index contributed by atoms with van der Waals surface area (Å²) in [6, 6.07) is 6.22. The van der Waals surface area contributed by atoms with Gasteiger partial charge in [0.2, 0.25) is 0 Å². The van der Waals surface area contributed by atoms with Crippen molar-refractivity contribution in [3.63, 3.8) is 0 Å². The molecule has 0 aromatic heterocycles. The fourth-order valence-corrected chi connectivity index (χ4v) is 10.9. The van der Waals surface area contributed by atoms with Crippen LogP contribution in [0.25, 0.3) is 0 Å². The smallest absolute Gasteiger partial charge is 0.0789 e. The summed E-state index contributed by atoms with van der Waals surface area (Å²) in [5, 5.41) is 3.61. The van der Waals surface area contributed by atoms with Gasteiger partial charge in [0.1, 0.15) is 0 Å². The maximum absolute atomic E-state index is 2.99.